The number of nitrogens with zero attached hydrogens (tertiary/aromatic N) is 1. The molecule has 0 aliphatic heterocycles. The second kappa shape index (κ2) is 10.7. The zero-order valence-corrected chi connectivity index (χ0v) is 10.9. The molecule has 0 aliphatic carbocycles. The van der Waals surface area contributed by atoms with Crippen LogP contribution < -0.4 is 0 Å². The molecule has 0 aromatic heterocycles. The van der Waals surface area contributed by atoms with E-state index < -0.39 is 0 Å². The number of unbranched alkanes of at least 4 members (excludes halogenated alkanes) is 3. The summed E-state index contributed by atoms with van der Waals surface area (Å²) in [5.41, 5.74) is 0. The lowest BCUT2D eigenvalue weighted by molar-refractivity contribution is 0.0430. The van der Waals surface area contributed by atoms with Gasteiger partial charge in [0.25, 0.3) is 0 Å². The summed E-state index contributed by atoms with van der Waals surface area (Å²) < 4.78 is 4.88. The Bertz CT molecular complexity index is 136. The van der Waals surface area contributed by atoms with Gasteiger partial charge in [0.05, 0.1) is 12.7 Å². The fourth-order valence-electron chi connectivity index (χ4n) is 1.54. The first-order valence-electron chi connectivity index (χ1n) is 5.67. The predicted octanol–water partition coefficient (Wildman–Crippen LogP) is 1.42. The minimum absolute atomic E-state index is 0.363. The van der Waals surface area contributed by atoms with E-state index in [1.54, 1.807) is 7.11 Å². The van der Waals surface area contributed by atoms with Crippen molar-refractivity contribution in [2.24, 2.45) is 0 Å². The molecular weight excluding hydrogens is 210 g/mol. The lowest BCUT2D eigenvalue weighted by Gasteiger charge is -2.19. The Hall–Kier alpha value is 0.230. The Morgan fingerprint density at radius 1 is 1.27 bits per heavy atom. The highest BCUT2D eigenvalue weighted by molar-refractivity contribution is 7.80. The first kappa shape index (κ1) is 15.2. The zero-order chi connectivity index (χ0) is 11.5. The molecule has 0 saturated carbocycles. The fourth-order valence-corrected chi connectivity index (χ4v) is 1.77. The Balaban J connectivity index is 3.28. The standard InChI is InChI=1S/C11H25NO2S/c1-12(9-11(13)10-14-2)7-5-3-4-6-8-15/h11,13,15H,3-10H2,1-2H3. The van der Waals surface area contributed by atoms with Gasteiger partial charge >= 0.3 is 0 Å². The van der Waals surface area contributed by atoms with Crippen molar-refractivity contribution in [1.29, 1.82) is 0 Å². The van der Waals surface area contributed by atoms with Crippen LogP contribution in [-0.2, 0) is 4.74 Å². The number of hydrogen-bond acceptors (Lipinski definition) is 4. The van der Waals surface area contributed by atoms with Crippen LogP contribution in [0.3, 0.4) is 0 Å². The van der Waals surface area contributed by atoms with Gasteiger partial charge in [-0.05, 0) is 32.2 Å². The van der Waals surface area contributed by atoms with Crippen LogP contribution in [0.5, 0.6) is 0 Å². The highest BCUT2D eigenvalue weighted by Crippen LogP contribution is 2.02. The molecule has 0 saturated heterocycles. The Morgan fingerprint density at radius 2 is 1.93 bits per heavy atom. The molecule has 0 heterocycles. The number of methoxy groups -OCH3 is 1. The monoisotopic (exact) mass is 235 g/mol. The number of aliphatic hydroxyl groups is 1. The quantitative estimate of drug-likeness (QED) is 0.444. The van der Waals surface area contributed by atoms with Crippen LogP contribution in [0.2, 0.25) is 0 Å². The summed E-state index contributed by atoms with van der Waals surface area (Å²) in [5, 5.41) is 9.48. The molecule has 15 heavy (non-hydrogen) atoms. The predicted molar refractivity (Wildman–Crippen MR) is 67.7 cm³/mol. The van der Waals surface area contributed by atoms with Crippen molar-refractivity contribution in [2.45, 2.75) is 31.8 Å². The molecule has 0 aliphatic rings. The second-order valence-corrected chi connectivity index (χ2v) is 4.46. The lowest BCUT2D eigenvalue weighted by atomic mass is 10.2. The van der Waals surface area contributed by atoms with E-state index in [2.05, 4.69) is 17.5 Å². The number of ether oxygens (including phenoxy) is 1. The first-order chi connectivity index (χ1) is 7.20. The van der Waals surface area contributed by atoms with Gasteiger partial charge < -0.3 is 14.7 Å². The smallest absolute Gasteiger partial charge is 0.0899 e. The van der Waals surface area contributed by atoms with Crippen molar-refractivity contribution in [3.05, 3.63) is 0 Å². The van der Waals surface area contributed by atoms with E-state index >= 15 is 0 Å². The molecule has 4 heteroatoms. The van der Waals surface area contributed by atoms with E-state index in [0.29, 0.717) is 13.2 Å². The highest BCUT2D eigenvalue weighted by atomic mass is 32.1. The summed E-state index contributed by atoms with van der Waals surface area (Å²) in [7, 11) is 3.65. The molecule has 0 spiro atoms. The molecule has 0 fully saturated rings. The fraction of sp³-hybridized carbons (Fsp3) is 1.00. The lowest BCUT2D eigenvalue weighted by Crippen LogP contribution is -2.32. The second-order valence-electron chi connectivity index (χ2n) is 4.01. The SMILES string of the molecule is COCC(O)CN(C)CCCCCCS. The largest absolute Gasteiger partial charge is 0.389 e. The van der Waals surface area contributed by atoms with E-state index in [1.165, 1.54) is 25.7 Å². The molecule has 1 unspecified atom stereocenters. The average Bonchev–Trinajstić information content (AvgIpc) is 2.17. The van der Waals surface area contributed by atoms with Crippen LogP contribution in [0.25, 0.3) is 0 Å². The third kappa shape index (κ3) is 10.5. The van der Waals surface area contributed by atoms with E-state index in [0.717, 1.165) is 12.3 Å². The third-order valence-electron chi connectivity index (χ3n) is 2.33. The molecular formula is C11H25NO2S. The molecule has 1 atom stereocenters. The molecule has 0 rings (SSSR count). The van der Waals surface area contributed by atoms with Crippen LogP contribution >= 0.6 is 12.6 Å². The van der Waals surface area contributed by atoms with Gasteiger partial charge in [0.2, 0.25) is 0 Å². The topological polar surface area (TPSA) is 32.7 Å². The van der Waals surface area contributed by atoms with Crippen LogP contribution in [0.1, 0.15) is 25.7 Å². The summed E-state index contributed by atoms with van der Waals surface area (Å²) in [4.78, 5) is 2.16. The third-order valence-corrected chi connectivity index (χ3v) is 2.65. The number of thiol groups is 1. The Morgan fingerprint density at radius 3 is 2.53 bits per heavy atom. The minimum Gasteiger partial charge on any atom is -0.389 e. The van der Waals surface area contributed by atoms with Crippen LogP contribution in [0, 0.1) is 0 Å². The van der Waals surface area contributed by atoms with Gasteiger partial charge in [-0.2, -0.15) is 12.6 Å². The van der Waals surface area contributed by atoms with Crippen molar-refractivity contribution in [2.75, 3.05) is 39.6 Å². The Labute approximate surface area is 99.2 Å². The van der Waals surface area contributed by atoms with Gasteiger partial charge in [-0.15, -0.1) is 0 Å². The number of likely N-dealkylation sites (N-methyl/N-ethyl adjacent to an activating group) is 1. The molecule has 0 radical (unpaired) electrons. The van der Waals surface area contributed by atoms with Crippen LogP contribution in [0.4, 0.5) is 0 Å². The molecule has 1 N–H and O–H groups in total. The summed E-state index contributed by atoms with van der Waals surface area (Å²) in [6.45, 7) is 2.16. The maximum absolute atomic E-state index is 9.48. The van der Waals surface area contributed by atoms with E-state index in [4.69, 9.17) is 4.74 Å². The minimum atomic E-state index is -0.363. The summed E-state index contributed by atoms with van der Waals surface area (Å²) in [6, 6.07) is 0. The highest BCUT2D eigenvalue weighted by Gasteiger charge is 2.06. The number of hydrogen-bond donors (Lipinski definition) is 2. The Kier molecular flexibility index (Phi) is 10.9. The molecule has 3 nitrogen and oxygen atoms in total. The maximum atomic E-state index is 9.48. The zero-order valence-electron chi connectivity index (χ0n) is 9.98. The van der Waals surface area contributed by atoms with Crippen molar-refractivity contribution in [3.63, 3.8) is 0 Å². The number of aliphatic hydroxyl groups excluding tert-OH is 1. The first-order valence-corrected chi connectivity index (χ1v) is 6.30. The molecule has 0 bridgehead atoms. The average molecular weight is 235 g/mol. The van der Waals surface area contributed by atoms with Crippen molar-refractivity contribution in [3.8, 4) is 0 Å². The van der Waals surface area contributed by atoms with Crippen LogP contribution in [-0.4, -0.2) is 55.7 Å². The van der Waals surface area contributed by atoms with E-state index in [9.17, 15) is 5.11 Å². The normalized spacial score (nSPS) is 13.4. The number of rotatable bonds is 10. The van der Waals surface area contributed by atoms with Gasteiger partial charge in [-0.1, -0.05) is 12.8 Å². The van der Waals surface area contributed by atoms with Gasteiger partial charge in [-0.25, -0.2) is 0 Å². The molecule has 0 aromatic carbocycles. The van der Waals surface area contributed by atoms with Crippen molar-refractivity contribution in [1.82, 2.24) is 4.90 Å². The van der Waals surface area contributed by atoms with Crippen molar-refractivity contribution < 1.29 is 9.84 Å². The summed E-state index contributed by atoms with van der Waals surface area (Å²) in [5.74, 6) is 0.988. The molecule has 0 amide bonds. The van der Waals surface area contributed by atoms with Crippen LogP contribution in [0.15, 0.2) is 0 Å². The van der Waals surface area contributed by atoms with E-state index in [1.807, 2.05) is 7.05 Å². The van der Waals surface area contributed by atoms with E-state index in [-0.39, 0.29) is 6.10 Å². The van der Waals surface area contributed by atoms with Gasteiger partial charge in [0, 0.05) is 13.7 Å². The summed E-state index contributed by atoms with van der Waals surface area (Å²) >= 11 is 4.17. The van der Waals surface area contributed by atoms with Gasteiger partial charge in [0.15, 0.2) is 0 Å². The van der Waals surface area contributed by atoms with Gasteiger partial charge in [0.1, 0.15) is 0 Å². The summed E-state index contributed by atoms with van der Waals surface area (Å²) in [6.07, 6.45) is 4.56. The molecule has 92 valence electrons. The maximum Gasteiger partial charge on any atom is 0.0899 e. The van der Waals surface area contributed by atoms with Crippen molar-refractivity contribution >= 4 is 12.6 Å². The van der Waals surface area contributed by atoms with Gasteiger partial charge in [-0.3, -0.25) is 0 Å². The molecule has 0 aromatic rings.